The van der Waals surface area contributed by atoms with Gasteiger partial charge in [0.05, 0.1) is 74.5 Å². The summed E-state index contributed by atoms with van der Waals surface area (Å²) in [7, 11) is 5.57. The van der Waals surface area contributed by atoms with Crippen LogP contribution >= 0.6 is 0 Å². The highest BCUT2D eigenvalue weighted by Gasteiger charge is 2.45. The highest BCUT2D eigenvalue weighted by atomic mass is 19.1. The van der Waals surface area contributed by atoms with E-state index in [0.29, 0.717) is 57.7 Å². The van der Waals surface area contributed by atoms with Crippen LogP contribution in [0.5, 0.6) is 5.75 Å². The molecule has 0 spiro atoms. The number of fused-ring (bicyclic) bond motifs is 5. The number of rotatable bonds is 11. The number of ether oxygens (including phenoxy) is 4. The molecule has 0 aliphatic carbocycles. The number of amides is 1. The Hall–Kier alpha value is -3.91. The van der Waals surface area contributed by atoms with E-state index in [0.717, 1.165) is 0 Å². The minimum absolute atomic E-state index is 0.0232. The van der Waals surface area contributed by atoms with Crippen LogP contribution < -0.4 is 15.6 Å². The second kappa shape index (κ2) is 12.5. The molecular formula is C32H40FN4O8+. The third-order valence-corrected chi connectivity index (χ3v) is 8.93. The SMILES string of the molecule is CC[C@@]1(O)C(=O)OCc2c1cc1n(c2=O)Cc2cc3c(C[N+](C)(C)C(C)C)c(OC(=O)NCCOCCOC)c(F)cc3nc2-1. The number of carbonyl (C=O) groups is 2. The molecular weight excluding hydrogens is 587 g/mol. The number of nitrogens with zero attached hydrogens (tertiary/aromatic N) is 3. The van der Waals surface area contributed by atoms with Crippen LogP contribution in [-0.2, 0) is 44.3 Å². The Morgan fingerprint density at radius 2 is 1.98 bits per heavy atom. The Kier molecular flexibility index (Phi) is 9.00. The lowest BCUT2D eigenvalue weighted by atomic mass is 9.86. The van der Waals surface area contributed by atoms with Crippen LogP contribution in [-0.4, -0.2) is 84.8 Å². The van der Waals surface area contributed by atoms with Crippen LogP contribution in [0.3, 0.4) is 0 Å². The molecule has 0 unspecified atom stereocenters. The Labute approximate surface area is 260 Å². The van der Waals surface area contributed by atoms with Gasteiger partial charge in [-0.3, -0.25) is 4.79 Å². The number of aromatic nitrogens is 2. The second-order valence-electron chi connectivity index (χ2n) is 12.3. The first-order valence-corrected chi connectivity index (χ1v) is 15.0. The van der Waals surface area contributed by atoms with Crippen molar-refractivity contribution < 1.29 is 42.5 Å². The Morgan fingerprint density at radius 3 is 2.67 bits per heavy atom. The number of esters is 1. The van der Waals surface area contributed by atoms with E-state index in [1.165, 1.54) is 10.6 Å². The van der Waals surface area contributed by atoms with E-state index in [9.17, 15) is 19.5 Å². The number of nitrogens with one attached hydrogen (secondary N) is 1. The van der Waals surface area contributed by atoms with Crippen molar-refractivity contribution in [3.8, 4) is 17.1 Å². The lowest BCUT2D eigenvalue weighted by Crippen LogP contribution is -2.45. The summed E-state index contributed by atoms with van der Waals surface area (Å²) in [5.74, 6) is -1.76. The zero-order valence-electron chi connectivity index (χ0n) is 26.5. The molecule has 0 radical (unpaired) electrons. The molecule has 0 saturated carbocycles. The third-order valence-electron chi connectivity index (χ3n) is 8.93. The minimum Gasteiger partial charge on any atom is -0.458 e. The summed E-state index contributed by atoms with van der Waals surface area (Å²) >= 11 is 0. The van der Waals surface area contributed by atoms with Crippen LogP contribution in [0.2, 0.25) is 0 Å². The van der Waals surface area contributed by atoms with Gasteiger partial charge in [-0.15, -0.1) is 0 Å². The molecule has 2 aliphatic rings. The zero-order chi connectivity index (χ0) is 32.7. The van der Waals surface area contributed by atoms with Crippen LogP contribution in [0.1, 0.15) is 49.4 Å². The molecule has 1 aromatic carbocycles. The molecule has 1 amide bonds. The van der Waals surface area contributed by atoms with Crippen LogP contribution in [0.15, 0.2) is 23.0 Å². The predicted molar refractivity (Wildman–Crippen MR) is 162 cm³/mol. The quantitative estimate of drug-likeness (QED) is 0.146. The van der Waals surface area contributed by atoms with Crippen molar-refractivity contribution in [2.24, 2.45) is 0 Å². The lowest BCUT2D eigenvalue weighted by Gasteiger charge is -2.35. The second-order valence-corrected chi connectivity index (χ2v) is 12.3. The van der Waals surface area contributed by atoms with E-state index in [1.807, 2.05) is 34.0 Å². The number of hydrogen-bond donors (Lipinski definition) is 2. The van der Waals surface area contributed by atoms with Crippen molar-refractivity contribution in [1.29, 1.82) is 0 Å². The maximum atomic E-state index is 15.8. The predicted octanol–water partition coefficient (Wildman–Crippen LogP) is 2.95. The standard InChI is InChI=1S/C32H39FN4O8/c1-7-32(41)23-13-26-27-19(15-36(26)29(38)22(23)17-44-30(32)39)12-20-21(16-37(4,5)18(2)3)28(24(33)14-25(20)35-27)45-31(40)34-8-9-43-11-10-42-6/h12-14,18,41H,7-11,15-17H2,1-6H3/p+1/t32-/m0/s1. The van der Waals surface area contributed by atoms with E-state index >= 15 is 4.39 Å². The molecule has 1 atom stereocenters. The molecule has 3 aromatic rings. The van der Waals surface area contributed by atoms with E-state index in [-0.39, 0.29) is 61.2 Å². The number of carbonyl (C=O) groups excluding carboxylic acids is 2. The van der Waals surface area contributed by atoms with Gasteiger partial charge in [0.1, 0.15) is 13.2 Å². The molecule has 242 valence electrons. The molecule has 0 saturated heterocycles. The molecule has 2 aliphatic heterocycles. The number of pyridine rings is 2. The number of hydrogen-bond acceptors (Lipinski definition) is 9. The highest BCUT2D eigenvalue weighted by Crippen LogP contribution is 2.41. The summed E-state index contributed by atoms with van der Waals surface area (Å²) in [4.78, 5) is 43.6. The maximum Gasteiger partial charge on any atom is 0.412 e. The topological polar surface area (TPSA) is 138 Å². The van der Waals surface area contributed by atoms with Gasteiger partial charge in [-0.25, -0.2) is 19.0 Å². The van der Waals surface area contributed by atoms with Crippen molar-refractivity contribution in [3.63, 3.8) is 0 Å². The summed E-state index contributed by atoms with van der Waals surface area (Å²) in [6.45, 7) is 7.19. The number of aliphatic hydroxyl groups is 1. The molecule has 0 fully saturated rings. The van der Waals surface area contributed by atoms with Gasteiger partial charge >= 0.3 is 12.1 Å². The van der Waals surface area contributed by atoms with Crippen molar-refractivity contribution in [2.45, 2.75) is 58.5 Å². The summed E-state index contributed by atoms with van der Waals surface area (Å²) < 4.78 is 38.8. The highest BCUT2D eigenvalue weighted by molar-refractivity contribution is 5.90. The summed E-state index contributed by atoms with van der Waals surface area (Å²) in [5, 5.41) is 14.3. The van der Waals surface area contributed by atoms with Gasteiger partial charge < -0.3 is 38.4 Å². The number of methoxy groups -OCH3 is 1. The smallest absolute Gasteiger partial charge is 0.412 e. The normalized spacial score (nSPS) is 17.2. The molecule has 45 heavy (non-hydrogen) atoms. The summed E-state index contributed by atoms with van der Waals surface area (Å²) in [6, 6.07) is 4.82. The fraction of sp³-hybridized carbons (Fsp3) is 0.500. The number of halogens is 1. The van der Waals surface area contributed by atoms with Gasteiger partial charge in [0, 0.05) is 36.2 Å². The Morgan fingerprint density at radius 1 is 1.22 bits per heavy atom. The van der Waals surface area contributed by atoms with Gasteiger partial charge in [-0.05, 0) is 32.4 Å². The van der Waals surface area contributed by atoms with Crippen molar-refractivity contribution in [3.05, 3.63) is 56.6 Å². The van der Waals surface area contributed by atoms with Crippen LogP contribution in [0, 0.1) is 5.82 Å². The minimum atomic E-state index is -1.95. The average molecular weight is 628 g/mol. The Balaban J connectivity index is 1.57. The molecule has 2 aromatic heterocycles. The van der Waals surface area contributed by atoms with Crippen molar-refractivity contribution in [2.75, 3.05) is 47.6 Å². The summed E-state index contributed by atoms with van der Waals surface area (Å²) in [5.41, 5.74) is 0.417. The molecule has 2 N–H and O–H groups in total. The largest absolute Gasteiger partial charge is 0.458 e. The first kappa shape index (κ1) is 32.5. The fourth-order valence-corrected chi connectivity index (χ4v) is 5.59. The number of benzene rings is 1. The molecule has 4 heterocycles. The van der Waals surface area contributed by atoms with E-state index in [1.54, 1.807) is 20.1 Å². The van der Waals surface area contributed by atoms with E-state index < -0.39 is 23.5 Å². The average Bonchev–Trinajstić information content (AvgIpc) is 3.35. The summed E-state index contributed by atoms with van der Waals surface area (Å²) in [6.07, 6.45) is -0.798. The first-order valence-electron chi connectivity index (χ1n) is 15.0. The van der Waals surface area contributed by atoms with Gasteiger partial charge in [-0.1, -0.05) is 6.92 Å². The number of cyclic esters (lactones) is 1. The molecule has 12 nitrogen and oxygen atoms in total. The van der Waals surface area contributed by atoms with Gasteiger partial charge in [0.2, 0.25) is 0 Å². The number of quaternary nitrogens is 1. The molecule has 5 rings (SSSR count). The lowest BCUT2D eigenvalue weighted by molar-refractivity contribution is -0.924. The molecule has 13 heteroatoms. The first-order chi connectivity index (χ1) is 21.3. The maximum absolute atomic E-state index is 15.8. The van der Waals surface area contributed by atoms with Crippen molar-refractivity contribution >= 4 is 23.0 Å². The van der Waals surface area contributed by atoms with Crippen LogP contribution in [0.4, 0.5) is 9.18 Å². The monoisotopic (exact) mass is 627 g/mol. The fourth-order valence-electron chi connectivity index (χ4n) is 5.59. The van der Waals surface area contributed by atoms with Gasteiger partial charge in [0.15, 0.2) is 17.2 Å². The van der Waals surface area contributed by atoms with Gasteiger partial charge in [0.25, 0.3) is 5.56 Å². The Bertz CT molecular complexity index is 1720. The third kappa shape index (κ3) is 5.92. The van der Waals surface area contributed by atoms with Crippen molar-refractivity contribution in [1.82, 2.24) is 14.9 Å². The van der Waals surface area contributed by atoms with Gasteiger partial charge in [-0.2, -0.15) is 0 Å². The van der Waals surface area contributed by atoms with Crippen LogP contribution in [0.25, 0.3) is 22.3 Å². The molecule has 0 bridgehead atoms. The van der Waals surface area contributed by atoms with E-state index in [4.69, 9.17) is 23.9 Å². The zero-order valence-corrected chi connectivity index (χ0v) is 26.5. The van der Waals surface area contributed by atoms with E-state index in [2.05, 4.69) is 5.32 Å².